The van der Waals surface area contributed by atoms with Gasteiger partial charge in [-0.1, -0.05) is 6.07 Å². The van der Waals surface area contributed by atoms with E-state index in [2.05, 4.69) is 20.5 Å². The third-order valence-corrected chi connectivity index (χ3v) is 4.36. The first-order chi connectivity index (χ1) is 13.4. The van der Waals surface area contributed by atoms with Gasteiger partial charge in [-0.15, -0.1) is 0 Å². The second-order valence-electron chi connectivity index (χ2n) is 6.71. The van der Waals surface area contributed by atoms with Gasteiger partial charge in [-0.05, 0) is 44.4 Å². The zero-order valence-electron chi connectivity index (χ0n) is 16.0. The van der Waals surface area contributed by atoms with E-state index < -0.39 is 17.3 Å². The second-order valence-corrected chi connectivity index (χ2v) is 6.71. The lowest BCUT2D eigenvalue weighted by Crippen LogP contribution is -2.28. The van der Waals surface area contributed by atoms with Crippen molar-refractivity contribution < 1.29 is 9.18 Å². The predicted molar refractivity (Wildman–Crippen MR) is 108 cm³/mol. The zero-order chi connectivity index (χ0) is 20.3. The molecule has 0 aliphatic heterocycles. The molecule has 28 heavy (non-hydrogen) atoms. The van der Waals surface area contributed by atoms with E-state index in [0.717, 1.165) is 35.9 Å². The van der Waals surface area contributed by atoms with E-state index in [4.69, 9.17) is 0 Å². The summed E-state index contributed by atoms with van der Waals surface area (Å²) < 4.78 is 14.4. The van der Waals surface area contributed by atoms with Gasteiger partial charge in [0.2, 0.25) is 0 Å². The summed E-state index contributed by atoms with van der Waals surface area (Å²) in [6, 6.07) is 9.71. The maximum absolute atomic E-state index is 13.0. The van der Waals surface area contributed by atoms with Crippen LogP contribution in [-0.4, -0.2) is 47.5 Å². The Morgan fingerprint density at radius 3 is 2.71 bits per heavy atom. The summed E-state index contributed by atoms with van der Waals surface area (Å²) in [4.78, 5) is 31.2. The van der Waals surface area contributed by atoms with Crippen LogP contribution in [0.15, 0.2) is 47.4 Å². The molecular weight excluding hydrogens is 361 g/mol. The van der Waals surface area contributed by atoms with E-state index in [9.17, 15) is 14.0 Å². The molecule has 0 aliphatic carbocycles. The lowest BCUT2D eigenvalue weighted by atomic mass is 10.1. The Hall–Kier alpha value is -3.26. The Morgan fingerprint density at radius 1 is 1.25 bits per heavy atom. The van der Waals surface area contributed by atoms with Crippen LogP contribution in [0.3, 0.4) is 0 Å². The SMILES string of the molecule is CN(C)CCNc1cccc2c1cc(C(=O)Nc1ccc(F)cn1)c(=O)n2C. The van der Waals surface area contributed by atoms with Crippen LogP contribution in [0.4, 0.5) is 15.9 Å². The van der Waals surface area contributed by atoms with E-state index in [1.807, 2.05) is 32.3 Å². The number of carbonyl (C=O) groups is 1. The number of carbonyl (C=O) groups excluding carboxylic acids is 1. The van der Waals surface area contributed by atoms with Gasteiger partial charge in [0, 0.05) is 31.2 Å². The van der Waals surface area contributed by atoms with Gasteiger partial charge in [0.1, 0.15) is 17.2 Å². The fourth-order valence-electron chi connectivity index (χ4n) is 2.86. The van der Waals surface area contributed by atoms with Gasteiger partial charge in [-0.2, -0.15) is 0 Å². The van der Waals surface area contributed by atoms with E-state index >= 15 is 0 Å². The van der Waals surface area contributed by atoms with Crippen molar-refractivity contribution in [1.82, 2.24) is 14.5 Å². The minimum absolute atomic E-state index is 0.0111. The number of aromatic nitrogens is 2. The van der Waals surface area contributed by atoms with Crippen LogP contribution in [0.5, 0.6) is 0 Å². The predicted octanol–water partition coefficient (Wildman–Crippen LogP) is 2.30. The summed E-state index contributed by atoms with van der Waals surface area (Å²) in [5.74, 6) is -0.927. The van der Waals surface area contributed by atoms with Gasteiger partial charge in [-0.3, -0.25) is 9.59 Å². The lowest BCUT2D eigenvalue weighted by molar-refractivity contribution is 0.102. The van der Waals surface area contributed by atoms with Crippen LogP contribution >= 0.6 is 0 Å². The standard InChI is InChI=1S/C20H22FN5O2/c1-25(2)10-9-22-16-5-4-6-17-14(16)11-15(20(28)26(17)3)19(27)24-18-8-7-13(21)12-23-18/h4-8,11-12,22H,9-10H2,1-3H3,(H,23,24,27). The van der Waals surface area contributed by atoms with Crippen molar-refractivity contribution in [2.75, 3.05) is 37.8 Å². The third-order valence-electron chi connectivity index (χ3n) is 4.36. The fraction of sp³-hybridized carbons (Fsp3) is 0.250. The Bertz CT molecular complexity index is 1060. The minimum atomic E-state index is -0.593. The number of hydrogen-bond donors (Lipinski definition) is 2. The van der Waals surface area contributed by atoms with Crippen LogP contribution < -0.4 is 16.2 Å². The number of fused-ring (bicyclic) bond motifs is 1. The lowest BCUT2D eigenvalue weighted by Gasteiger charge is -2.15. The topological polar surface area (TPSA) is 79.3 Å². The Morgan fingerprint density at radius 2 is 2.04 bits per heavy atom. The number of aryl methyl sites for hydroxylation is 1. The highest BCUT2D eigenvalue weighted by Crippen LogP contribution is 2.23. The molecule has 0 bridgehead atoms. The van der Waals surface area contributed by atoms with Gasteiger partial charge >= 0.3 is 0 Å². The fourth-order valence-corrected chi connectivity index (χ4v) is 2.86. The quantitative estimate of drug-likeness (QED) is 0.683. The number of pyridine rings is 2. The first kappa shape index (κ1) is 19.5. The van der Waals surface area contributed by atoms with Crippen molar-refractivity contribution in [3.05, 3.63) is 64.3 Å². The van der Waals surface area contributed by atoms with Crippen LogP contribution in [-0.2, 0) is 7.05 Å². The Kier molecular flexibility index (Phi) is 5.70. The highest BCUT2D eigenvalue weighted by Gasteiger charge is 2.16. The van der Waals surface area contributed by atoms with Gasteiger partial charge in [0.15, 0.2) is 0 Å². The van der Waals surface area contributed by atoms with E-state index in [0.29, 0.717) is 0 Å². The van der Waals surface area contributed by atoms with Crippen LogP contribution in [0.25, 0.3) is 10.9 Å². The van der Waals surface area contributed by atoms with Crippen molar-refractivity contribution >= 4 is 28.3 Å². The molecule has 0 fully saturated rings. The molecule has 2 heterocycles. The summed E-state index contributed by atoms with van der Waals surface area (Å²) in [5.41, 5.74) is 1.13. The molecule has 0 atom stereocenters. The molecule has 2 aromatic heterocycles. The van der Waals surface area contributed by atoms with Gasteiger partial charge in [0.05, 0.1) is 11.7 Å². The summed E-state index contributed by atoms with van der Waals surface area (Å²) in [7, 11) is 5.60. The molecule has 146 valence electrons. The number of rotatable bonds is 6. The molecule has 7 nitrogen and oxygen atoms in total. The van der Waals surface area contributed by atoms with Crippen LogP contribution in [0, 0.1) is 5.82 Å². The minimum Gasteiger partial charge on any atom is -0.383 e. The summed E-state index contributed by atoms with van der Waals surface area (Å²) >= 11 is 0. The normalized spacial score (nSPS) is 11.0. The number of likely N-dealkylation sites (N-methyl/N-ethyl adjacent to an activating group) is 1. The number of nitrogens with zero attached hydrogens (tertiary/aromatic N) is 3. The summed E-state index contributed by atoms with van der Waals surface area (Å²) in [6.45, 7) is 1.56. The van der Waals surface area contributed by atoms with Gasteiger partial charge in [0.25, 0.3) is 11.5 Å². The third kappa shape index (κ3) is 4.17. The van der Waals surface area contributed by atoms with E-state index in [1.165, 1.54) is 16.7 Å². The molecule has 0 unspecified atom stereocenters. The number of hydrogen-bond acceptors (Lipinski definition) is 5. The molecule has 0 saturated carbocycles. The second kappa shape index (κ2) is 8.18. The monoisotopic (exact) mass is 383 g/mol. The van der Waals surface area contributed by atoms with Crippen LogP contribution in [0.1, 0.15) is 10.4 Å². The van der Waals surface area contributed by atoms with Gasteiger partial charge in [-0.25, -0.2) is 9.37 Å². The molecule has 0 saturated heterocycles. The number of halogens is 1. The van der Waals surface area contributed by atoms with Crippen molar-refractivity contribution in [2.24, 2.45) is 7.05 Å². The summed E-state index contributed by atoms with van der Waals surface area (Å²) in [6.07, 6.45) is 1.00. The molecular formula is C20H22FN5O2. The zero-order valence-corrected chi connectivity index (χ0v) is 16.0. The number of nitrogens with one attached hydrogen (secondary N) is 2. The maximum Gasteiger partial charge on any atom is 0.263 e. The highest BCUT2D eigenvalue weighted by molar-refractivity contribution is 6.06. The molecule has 1 amide bonds. The van der Waals surface area contributed by atoms with Crippen LogP contribution in [0.2, 0.25) is 0 Å². The molecule has 0 radical (unpaired) electrons. The van der Waals surface area contributed by atoms with E-state index in [1.54, 1.807) is 13.1 Å². The molecule has 0 spiro atoms. The van der Waals surface area contributed by atoms with Crippen molar-refractivity contribution in [2.45, 2.75) is 0 Å². The largest absolute Gasteiger partial charge is 0.383 e. The Labute approximate surface area is 161 Å². The molecule has 3 aromatic rings. The number of amides is 1. The Balaban J connectivity index is 1.97. The summed E-state index contributed by atoms with van der Waals surface area (Å²) in [5, 5.41) is 6.65. The number of anilines is 2. The molecule has 2 N–H and O–H groups in total. The average molecular weight is 383 g/mol. The highest BCUT2D eigenvalue weighted by atomic mass is 19.1. The van der Waals surface area contributed by atoms with Crippen molar-refractivity contribution in [3.8, 4) is 0 Å². The molecule has 3 rings (SSSR count). The van der Waals surface area contributed by atoms with Crippen molar-refractivity contribution in [3.63, 3.8) is 0 Å². The first-order valence-corrected chi connectivity index (χ1v) is 8.81. The smallest absolute Gasteiger partial charge is 0.263 e. The average Bonchev–Trinajstić information content (AvgIpc) is 2.66. The molecule has 0 aliphatic rings. The van der Waals surface area contributed by atoms with Crippen molar-refractivity contribution in [1.29, 1.82) is 0 Å². The molecule has 1 aromatic carbocycles. The molecule has 8 heteroatoms. The maximum atomic E-state index is 13.0. The van der Waals surface area contributed by atoms with E-state index in [-0.39, 0.29) is 11.4 Å². The number of benzene rings is 1. The first-order valence-electron chi connectivity index (χ1n) is 8.81. The van der Waals surface area contributed by atoms with Gasteiger partial charge < -0.3 is 20.1 Å².